The van der Waals surface area contributed by atoms with E-state index in [1.165, 1.54) is 6.26 Å². The van der Waals surface area contributed by atoms with Gasteiger partial charge in [-0.15, -0.1) is 0 Å². The molecule has 1 saturated heterocycles. The van der Waals surface area contributed by atoms with Crippen LogP contribution in [-0.4, -0.2) is 34.8 Å². The van der Waals surface area contributed by atoms with Crippen LogP contribution in [0.5, 0.6) is 0 Å². The summed E-state index contributed by atoms with van der Waals surface area (Å²) in [5, 5.41) is 2.79. The predicted molar refractivity (Wildman–Crippen MR) is 80.2 cm³/mol. The monoisotopic (exact) mass is 299 g/mol. The van der Waals surface area contributed by atoms with Crippen molar-refractivity contribution in [2.75, 3.05) is 18.4 Å². The number of nitrogens with one attached hydrogen (secondary N) is 1. The number of hydrogen-bond acceptors (Lipinski definition) is 4. The first-order valence-electron chi connectivity index (χ1n) is 7.29. The molecule has 6 heteroatoms. The van der Waals surface area contributed by atoms with Gasteiger partial charge >= 0.3 is 0 Å². The van der Waals surface area contributed by atoms with Crippen molar-refractivity contribution in [3.63, 3.8) is 0 Å². The summed E-state index contributed by atoms with van der Waals surface area (Å²) >= 11 is 0. The zero-order chi connectivity index (χ0) is 15.4. The molecule has 0 aliphatic carbocycles. The van der Waals surface area contributed by atoms with Crippen molar-refractivity contribution in [2.24, 2.45) is 5.92 Å². The maximum absolute atomic E-state index is 12.3. The van der Waals surface area contributed by atoms with Crippen LogP contribution in [-0.2, 0) is 4.79 Å². The molecule has 2 aromatic rings. The van der Waals surface area contributed by atoms with Crippen LogP contribution in [0.15, 0.2) is 47.2 Å². The molecule has 3 rings (SSSR count). The first kappa shape index (κ1) is 14.3. The van der Waals surface area contributed by atoms with Gasteiger partial charge < -0.3 is 14.6 Å². The number of amides is 2. The first-order valence-corrected chi connectivity index (χ1v) is 7.29. The summed E-state index contributed by atoms with van der Waals surface area (Å²) in [6, 6.07) is 8.67. The topological polar surface area (TPSA) is 75.4 Å². The molecule has 2 amide bonds. The van der Waals surface area contributed by atoms with E-state index in [2.05, 4.69) is 10.3 Å². The number of carbonyl (C=O) groups excluding carboxylic acids is 2. The summed E-state index contributed by atoms with van der Waals surface area (Å²) in [5.74, 6) is 0.346. The highest BCUT2D eigenvalue weighted by molar-refractivity contribution is 5.94. The fourth-order valence-corrected chi connectivity index (χ4v) is 2.60. The SMILES string of the molecule is O=C(Nc1ccccn1)[C@@H]1CCCN(C(=O)c2ccco2)C1. The Balaban J connectivity index is 1.63. The van der Waals surface area contributed by atoms with Crippen molar-refractivity contribution in [1.29, 1.82) is 0 Å². The number of likely N-dealkylation sites (tertiary alicyclic amines) is 1. The molecule has 114 valence electrons. The number of hydrogen-bond donors (Lipinski definition) is 1. The second kappa shape index (κ2) is 6.43. The van der Waals surface area contributed by atoms with Gasteiger partial charge in [0.15, 0.2) is 5.76 Å². The molecule has 0 spiro atoms. The quantitative estimate of drug-likeness (QED) is 0.942. The normalized spacial score (nSPS) is 18.0. The molecule has 2 aromatic heterocycles. The van der Waals surface area contributed by atoms with E-state index in [4.69, 9.17) is 4.42 Å². The van der Waals surface area contributed by atoms with E-state index in [0.29, 0.717) is 24.7 Å². The molecule has 1 aliphatic rings. The van der Waals surface area contributed by atoms with Crippen LogP contribution in [0, 0.1) is 5.92 Å². The summed E-state index contributed by atoms with van der Waals surface area (Å²) in [7, 11) is 0. The lowest BCUT2D eigenvalue weighted by molar-refractivity contribution is -0.121. The van der Waals surface area contributed by atoms with E-state index in [1.54, 1.807) is 35.4 Å². The fraction of sp³-hybridized carbons (Fsp3) is 0.312. The van der Waals surface area contributed by atoms with Gasteiger partial charge in [-0.2, -0.15) is 0 Å². The minimum atomic E-state index is -0.227. The Morgan fingerprint density at radius 3 is 2.91 bits per heavy atom. The van der Waals surface area contributed by atoms with Gasteiger partial charge in [0, 0.05) is 19.3 Å². The Morgan fingerprint density at radius 1 is 1.27 bits per heavy atom. The van der Waals surface area contributed by atoms with E-state index in [0.717, 1.165) is 12.8 Å². The first-order chi connectivity index (χ1) is 10.7. The third-order valence-electron chi connectivity index (χ3n) is 3.73. The smallest absolute Gasteiger partial charge is 0.289 e. The summed E-state index contributed by atoms with van der Waals surface area (Å²) in [5.41, 5.74) is 0. The summed E-state index contributed by atoms with van der Waals surface area (Å²) < 4.78 is 5.14. The molecule has 3 heterocycles. The molecule has 1 fully saturated rings. The van der Waals surface area contributed by atoms with E-state index in [-0.39, 0.29) is 17.7 Å². The molecule has 0 aromatic carbocycles. The van der Waals surface area contributed by atoms with Crippen molar-refractivity contribution < 1.29 is 14.0 Å². The standard InChI is InChI=1S/C16H17N3O3/c20-15(18-14-7-1-2-8-17-14)12-5-3-9-19(11-12)16(21)13-6-4-10-22-13/h1-2,4,6-8,10,12H,3,5,9,11H2,(H,17,18,20)/t12-/m1/s1. The summed E-state index contributed by atoms with van der Waals surface area (Å²) in [4.78, 5) is 30.3. The lowest BCUT2D eigenvalue weighted by atomic mass is 9.97. The Morgan fingerprint density at radius 2 is 2.18 bits per heavy atom. The number of piperidine rings is 1. The van der Waals surface area contributed by atoms with Crippen molar-refractivity contribution in [1.82, 2.24) is 9.88 Å². The average molecular weight is 299 g/mol. The molecule has 1 atom stereocenters. The van der Waals surface area contributed by atoms with Gasteiger partial charge in [0.1, 0.15) is 5.82 Å². The van der Waals surface area contributed by atoms with Gasteiger partial charge in [0.25, 0.3) is 5.91 Å². The van der Waals surface area contributed by atoms with E-state index < -0.39 is 0 Å². The number of pyridine rings is 1. The van der Waals surface area contributed by atoms with Crippen LogP contribution >= 0.6 is 0 Å². The minimum Gasteiger partial charge on any atom is -0.459 e. The number of furan rings is 1. The van der Waals surface area contributed by atoms with Gasteiger partial charge in [-0.3, -0.25) is 9.59 Å². The Labute approximate surface area is 128 Å². The van der Waals surface area contributed by atoms with Gasteiger partial charge in [-0.25, -0.2) is 4.98 Å². The van der Waals surface area contributed by atoms with Crippen molar-refractivity contribution in [2.45, 2.75) is 12.8 Å². The maximum Gasteiger partial charge on any atom is 0.289 e. The van der Waals surface area contributed by atoms with E-state index in [9.17, 15) is 9.59 Å². The zero-order valence-electron chi connectivity index (χ0n) is 12.1. The highest BCUT2D eigenvalue weighted by Gasteiger charge is 2.29. The molecule has 0 bridgehead atoms. The number of carbonyl (C=O) groups is 2. The van der Waals surface area contributed by atoms with Crippen LogP contribution in [0.3, 0.4) is 0 Å². The van der Waals surface area contributed by atoms with Crippen molar-refractivity contribution >= 4 is 17.6 Å². The highest BCUT2D eigenvalue weighted by atomic mass is 16.3. The second-order valence-electron chi connectivity index (χ2n) is 5.27. The fourth-order valence-electron chi connectivity index (χ4n) is 2.60. The largest absolute Gasteiger partial charge is 0.459 e. The predicted octanol–water partition coefficient (Wildman–Crippen LogP) is 2.17. The zero-order valence-corrected chi connectivity index (χ0v) is 12.1. The van der Waals surface area contributed by atoms with E-state index >= 15 is 0 Å². The Hall–Kier alpha value is -2.63. The third kappa shape index (κ3) is 3.16. The molecule has 0 saturated carbocycles. The number of aromatic nitrogens is 1. The lowest BCUT2D eigenvalue weighted by Crippen LogP contribution is -2.43. The highest BCUT2D eigenvalue weighted by Crippen LogP contribution is 2.20. The molecule has 6 nitrogen and oxygen atoms in total. The van der Waals surface area contributed by atoms with E-state index in [1.807, 2.05) is 6.07 Å². The lowest BCUT2D eigenvalue weighted by Gasteiger charge is -2.31. The van der Waals surface area contributed by atoms with Crippen molar-refractivity contribution in [3.8, 4) is 0 Å². The molecule has 1 aliphatic heterocycles. The maximum atomic E-state index is 12.3. The van der Waals surface area contributed by atoms with Gasteiger partial charge in [0.2, 0.25) is 5.91 Å². The van der Waals surface area contributed by atoms with Crippen LogP contribution in [0.2, 0.25) is 0 Å². The molecule has 1 N–H and O–H groups in total. The van der Waals surface area contributed by atoms with Crippen LogP contribution in [0.25, 0.3) is 0 Å². The summed E-state index contributed by atoms with van der Waals surface area (Å²) in [6.07, 6.45) is 4.67. The molecular weight excluding hydrogens is 282 g/mol. The van der Waals surface area contributed by atoms with Gasteiger partial charge in [-0.05, 0) is 37.1 Å². The molecule has 0 radical (unpaired) electrons. The summed E-state index contributed by atoms with van der Waals surface area (Å²) in [6.45, 7) is 1.05. The minimum absolute atomic E-state index is 0.101. The second-order valence-corrected chi connectivity index (χ2v) is 5.27. The van der Waals surface area contributed by atoms with Gasteiger partial charge in [0.05, 0.1) is 12.2 Å². The average Bonchev–Trinajstić information content (AvgIpc) is 3.09. The van der Waals surface area contributed by atoms with Crippen LogP contribution in [0.1, 0.15) is 23.4 Å². The van der Waals surface area contributed by atoms with Gasteiger partial charge in [-0.1, -0.05) is 6.07 Å². The molecule has 22 heavy (non-hydrogen) atoms. The van der Waals surface area contributed by atoms with Crippen molar-refractivity contribution in [3.05, 3.63) is 48.6 Å². The van der Waals surface area contributed by atoms with Crippen LogP contribution < -0.4 is 5.32 Å². The number of rotatable bonds is 3. The number of anilines is 1. The molecule has 0 unspecified atom stereocenters. The number of nitrogens with zero attached hydrogens (tertiary/aromatic N) is 2. The van der Waals surface area contributed by atoms with Crippen LogP contribution in [0.4, 0.5) is 5.82 Å². The Bertz CT molecular complexity index is 640. The Kier molecular flexibility index (Phi) is 4.18. The molecular formula is C16H17N3O3. The third-order valence-corrected chi connectivity index (χ3v) is 3.73.